The predicted molar refractivity (Wildman–Crippen MR) is 61.0 cm³/mol. The molecule has 78 valence electrons. The molecule has 0 saturated heterocycles. The van der Waals surface area contributed by atoms with E-state index in [0.717, 1.165) is 17.4 Å². The van der Waals surface area contributed by atoms with Gasteiger partial charge in [-0.3, -0.25) is 0 Å². The molecule has 0 amide bonds. The quantitative estimate of drug-likeness (QED) is 0.571. The Kier molecular flexibility index (Phi) is 2.23. The fourth-order valence-corrected chi connectivity index (χ4v) is 1.83. The largest absolute Gasteiger partial charge is 0.422 e. The molecule has 3 nitrogen and oxygen atoms in total. The first-order valence-corrected chi connectivity index (χ1v) is 4.95. The zero-order valence-electron chi connectivity index (χ0n) is 8.83. The van der Waals surface area contributed by atoms with Crippen molar-refractivity contribution in [2.45, 2.75) is 20.3 Å². The fraction of sp³-hybridized carbons (Fsp3) is 0.250. The molecule has 0 unspecified atom stereocenters. The highest BCUT2D eigenvalue weighted by atomic mass is 16.4. The van der Waals surface area contributed by atoms with E-state index < -0.39 is 0 Å². The molecule has 0 bridgehead atoms. The van der Waals surface area contributed by atoms with Crippen molar-refractivity contribution < 1.29 is 4.42 Å². The number of nitrogen functional groups attached to an aromatic ring is 1. The number of benzene rings is 1. The van der Waals surface area contributed by atoms with E-state index in [2.05, 4.69) is 0 Å². The molecule has 15 heavy (non-hydrogen) atoms. The minimum Gasteiger partial charge on any atom is -0.422 e. The average Bonchev–Trinajstić information content (AvgIpc) is 2.20. The van der Waals surface area contributed by atoms with E-state index in [1.807, 2.05) is 19.1 Å². The topological polar surface area (TPSA) is 56.2 Å². The summed E-state index contributed by atoms with van der Waals surface area (Å²) >= 11 is 0. The summed E-state index contributed by atoms with van der Waals surface area (Å²) in [6.07, 6.45) is 0.817. The van der Waals surface area contributed by atoms with Gasteiger partial charge in [0.05, 0.1) is 0 Å². The molecule has 3 heteroatoms. The second kappa shape index (κ2) is 3.42. The Balaban J connectivity index is 2.94. The first-order chi connectivity index (χ1) is 7.13. The first-order valence-electron chi connectivity index (χ1n) is 4.95. The fourth-order valence-electron chi connectivity index (χ4n) is 1.83. The molecule has 0 atom stereocenters. The van der Waals surface area contributed by atoms with Crippen molar-refractivity contribution in [3.05, 3.63) is 39.7 Å². The minimum atomic E-state index is -0.273. The lowest BCUT2D eigenvalue weighted by molar-refractivity contribution is 0.553. The molecule has 2 N–H and O–H groups in total. The number of fused-ring (bicyclic) bond motifs is 1. The van der Waals surface area contributed by atoms with Crippen molar-refractivity contribution in [1.29, 1.82) is 0 Å². The summed E-state index contributed by atoms with van der Waals surface area (Å²) in [6.45, 7) is 3.82. The van der Waals surface area contributed by atoms with Gasteiger partial charge in [0.1, 0.15) is 5.58 Å². The van der Waals surface area contributed by atoms with E-state index >= 15 is 0 Å². The number of anilines is 1. The van der Waals surface area contributed by atoms with Crippen LogP contribution in [0, 0.1) is 6.92 Å². The average molecular weight is 203 g/mol. The molecule has 0 radical (unpaired) electrons. The van der Waals surface area contributed by atoms with Crippen LogP contribution in [-0.2, 0) is 6.42 Å². The van der Waals surface area contributed by atoms with Gasteiger partial charge in [-0.25, -0.2) is 4.79 Å². The van der Waals surface area contributed by atoms with E-state index in [1.54, 1.807) is 13.0 Å². The van der Waals surface area contributed by atoms with Crippen molar-refractivity contribution >= 4 is 16.7 Å². The Hall–Kier alpha value is -1.77. The van der Waals surface area contributed by atoms with Gasteiger partial charge in [-0.15, -0.1) is 0 Å². The molecule has 1 heterocycles. The number of rotatable bonds is 1. The molecular weight excluding hydrogens is 190 g/mol. The molecule has 2 aromatic rings. The maximum Gasteiger partial charge on any atom is 0.339 e. The van der Waals surface area contributed by atoms with Crippen molar-refractivity contribution in [1.82, 2.24) is 0 Å². The van der Waals surface area contributed by atoms with Crippen LogP contribution in [0.4, 0.5) is 5.69 Å². The summed E-state index contributed by atoms with van der Waals surface area (Å²) in [5, 5.41) is 0.976. The second-order valence-electron chi connectivity index (χ2n) is 3.60. The zero-order valence-corrected chi connectivity index (χ0v) is 8.83. The van der Waals surface area contributed by atoms with Crippen molar-refractivity contribution in [2.24, 2.45) is 0 Å². The van der Waals surface area contributed by atoms with Crippen molar-refractivity contribution in [2.75, 3.05) is 5.73 Å². The Labute approximate surface area is 87.5 Å². The van der Waals surface area contributed by atoms with Crippen LogP contribution in [0.3, 0.4) is 0 Å². The Morgan fingerprint density at radius 3 is 2.80 bits per heavy atom. The summed E-state index contributed by atoms with van der Waals surface area (Å²) in [5.41, 5.74) is 8.28. The van der Waals surface area contributed by atoms with Gasteiger partial charge < -0.3 is 10.2 Å². The zero-order chi connectivity index (χ0) is 11.0. The number of hydrogen-bond acceptors (Lipinski definition) is 3. The monoisotopic (exact) mass is 203 g/mol. The molecular formula is C12H13NO2. The third-order valence-electron chi connectivity index (χ3n) is 2.65. The van der Waals surface area contributed by atoms with Gasteiger partial charge in [-0.1, -0.05) is 6.92 Å². The van der Waals surface area contributed by atoms with Gasteiger partial charge in [0.2, 0.25) is 0 Å². The molecule has 0 spiro atoms. The highest BCUT2D eigenvalue weighted by Gasteiger charge is 2.09. The molecule has 2 rings (SSSR count). The lowest BCUT2D eigenvalue weighted by atomic mass is 10.0. The van der Waals surface area contributed by atoms with Gasteiger partial charge in [0.15, 0.2) is 0 Å². The molecule has 0 aliphatic carbocycles. The third-order valence-corrected chi connectivity index (χ3v) is 2.65. The van der Waals surface area contributed by atoms with Crippen LogP contribution in [0.25, 0.3) is 11.0 Å². The smallest absolute Gasteiger partial charge is 0.339 e. The third kappa shape index (κ3) is 1.50. The van der Waals surface area contributed by atoms with Crippen LogP contribution in [-0.4, -0.2) is 0 Å². The first kappa shape index (κ1) is 9.77. The summed E-state index contributed by atoms with van der Waals surface area (Å²) in [6, 6.07) is 5.41. The van der Waals surface area contributed by atoms with Gasteiger partial charge in [-0.2, -0.15) is 0 Å². The molecule has 0 aliphatic rings. The van der Waals surface area contributed by atoms with Crippen LogP contribution < -0.4 is 11.4 Å². The van der Waals surface area contributed by atoms with Gasteiger partial charge in [-0.05, 0) is 31.0 Å². The maximum absolute atomic E-state index is 11.5. The predicted octanol–water partition coefficient (Wildman–Crippen LogP) is 2.25. The Morgan fingerprint density at radius 1 is 1.40 bits per heavy atom. The van der Waals surface area contributed by atoms with Crippen molar-refractivity contribution in [3.63, 3.8) is 0 Å². The van der Waals surface area contributed by atoms with Crippen LogP contribution in [0.1, 0.15) is 18.1 Å². The summed E-state index contributed by atoms with van der Waals surface area (Å²) in [5.74, 6) is 0. The highest BCUT2D eigenvalue weighted by molar-refractivity contribution is 5.83. The summed E-state index contributed by atoms with van der Waals surface area (Å²) in [7, 11) is 0. The Bertz CT molecular complexity index is 570. The van der Waals surface area contributed by atoms with Crippen LogP contribution in [0.2, 0.25) is 0 Å². The Morgan fingerprint density at radius 2 is 2.13 bits per heavy atom. The number of aryl methyl sites for hydroxylation is 1. The lowest BCUT2D eigenvalue weighted by Gasteiger charge is -2.06. The normalized spacial score (nSPS) is 10.8. The van der Waals surface area contributed by atoms with E-state index in [0.29, 0.717) is 16.8 Å². The second-order valence-corrected chi connectivity index (χ2v) is 3.60. The minimum absolute atomic E-state index is 0.273. The van der Waals surface area contributed by atoms with Gasteiger partial charge in [0, 0.05) is 22.7 Å². The molecule has 0 saturated carbocycles. The highest BCUT2D eigenvalue weighted by Crippen LogP contribution is 2.22. The van der Waals surface area contributed by atoms with E-state index in [1.165, 1.54) is 0 Å². The van der Waals surface area contributed by atoms with Crippen LogP contribution >= 0.6 is 0 Å². The number of hydrogen-bond donors (Lipinski definition) is 1. The summed E-state index contributed by atoms with van der Waals surface area (Å²) < 4.78 is 5.18. The molecule has 1 aromatic heterocycles. The van der Waals surface area contributed by atoms with Crippen LogP contribution in [0.5, 0.6) is 0 Å². The number of nitrogens with two attached hydrogens (primary N) is 1. The molecule has 0 aliphatic heterocycles. The van der Waals surface area contributed by atoms with E-state index in [-0.39, 0.29) is 5.63 Å². The van der Waals surface area contributed by atoms with E-state index in [9.17, 15) is 4.79 Å². The van der Waals surface area contributed by atoms with Gasteiger partial charge in [0.25, 0.3) is 0 Å². The van der Waals surface area contributed by atoms with Crippen LogP contribution in [0.15, 0.2) is 27.4 Å². The maximum atomic E-state index is 11.5. The lowest BCUT2D eigenvalue weighted by Crippen LogP contribution is -2.07. The molecule has 1 aromatic carbocycles. The van der Waals surface area contributed by atoms with Gasteiger partial charge >= 0.3 is 5.63 Å². The standard InChI is InChI=1S/C12H13NO2/c1-3-9-7(2)12(14)15-11-6-8(13)4-5-10(9)11/h4-6H,3,13H2,1-2H3. The van der Waals surface area contributed by atoms with Crippen molar-refractivity contribution in [3.8, 4) is 0 Å². The summed E-state index contributed by atoms with van der Waals surface area (Å²) in [4.78, 5) is 11.5. The molecule has 0 fully saturated rings. The SMILES string of the molecule is CCc1c(C)c(=O)oc2cc(N)ccc12. The van der Waals surface area contributed by atoms with E-state index in [4.69, 9.17) is 10.2 Å².